The maximum Gasteiger partial charge on any atom is 0.283 e. The van der Waals surface area contributed by atoms with E-state index < -0.39 is 22.0 Å². The van der Waals surface area contributed by atoms with E-state index >= 15 is 0 Å². The third kappa shape index (κ3) is 6.32. The summed E-state index contributed by atoms with van der Waals surface area (Å²) < 4.78 is 34.6. The molecule has 0 aliphatic heterocycles. The molecule has 0 aliphatic carbocycles. The molecule has 0 saturated carbocycles. The zero-order valence-corrected chi connectivity index (χ0v) is 23.1. The molecule has 2 N–H and O–H groups in total. The number of primary amides is 1. The molecular formula is C25H29ClN4O4S2. The Morgan fingerprint density at radius 3 is 2.22 bits per heavy atom. The van der Waals surface area contributed by atoms with Gasteiger partial charge < -0.3 is 20.3 Å². The fraction of sp³-hybridized carbons (Fsp3) is 0.280. The number of thiophene rings is 1. The zero-order valence-electron chi connectivity index (χ0n) is 20.7. The maximum atomic E-state index is 12.6. The first kappa shape index (κ1) is 27.8. The average molecular weight is 549 g/mol. The Bertz CT molecular complexity index is 1350. The topological polar surface area (TPSA) is 105 Å². The molecule has 11 heteroatoms. The Morgan fingerprint density at radius 1 is 1.11 bits per heavy atom. The fourth-order valence-electron chi connectivity index (χ4n) is 3.70. The van der Waals surface area contributed by atoms with E-state index in [4.69, 9.17) is 22.1 Å². The average Bonchev–Trinajstić information content (AvgIpc) is 3.18. The number of hydrogen-bond acceptors (Lipinski definition) is 6. The van der Waals surface area contributed by atoms with Gasteiger partial charge in [0, 0.05) is 43.2 Å². The summed E-state index contributed by atoms with van der Waals surface area (Å²) in [5.74, 6) is -0.561. The molecule has 192 valence electrons. The normalized spacial score (nSPS) is 12.9. The molecule has 8 nitrogen and oxygen atoms in total. The van der Waals surface area contributed by atoms with Crippen LogP contribution in [0.3, 0.4) is 0 Å². The van der Waals surface area contributed by atoms with E-state index in [1.807, 2.05) is 31.1 Å². The molecule has 0 radical (unpaired) electrons. The van der Waals surface area contributed by atoms with Crippen molar-refractivity contribution in [3.05, 3.63) is 75.1 Å². The monoisotopic (exact) mass is 548 g/mol. The van der Waals surface area contributed by atoms with Gasteiger partial charge >= 0.3 is 0 Å². The van der Waals surface area contributed by atoms with E-state index in [1.54, 1.807) is 50.4 Å². The standard InChI is InChI=1S/C25H29ClN4O4S2/c1-29(2)14-20-21(24(25(27)31)35-23(20)17-6-10-18(26)11-7-17)22(34-5)16-8-12-19(13-9-16)36(32,33)28-15-30(3)4/h6-13,15,22H,14H2,1-5H3,(H2,27,31). The fourth-order valence-corrected chi connectivity index (χ4v) is 5.94. The number of rotatable bonds is 10. The van der Waals surface area contributed by atoms with Crippen LogP contribution in [0, 0.1) is 0 Å². The number of sulfonamides is 1. The molecule has 0 bridgehead atoms. The lowest BCUT2D eigenvalue weighted by Crippen LogP contribution is -2.18. The molecule has 1 heterocycles. The van der Waals surface area contributed by atoms with Gasteiger partial charge in [-0.25, -0.2) is 0 Å². The number of halogens is 1. The van der Waals surface area contributed by atoms with Crippen LogP contribution in [-0.2, 0) is 21.3 Å². The minimum absolute atomic E-state index is 0.0509. The van der Waals surface area contributed by atoms with Crippen molar-refractivity contribution in [2.45, 2.75) is 17.5 Å². The molecule has 0 aliphatic rings. The van der Waals surface area contributed by atoms with Crippen LogP contribution in [0.25, 0.3) is 10.4 Å². The van der Waals surface area contributed by atoms with E-state index in [1.165, 1.54) is 29.8 Å². The molecule has 1 amide bonds. The van der Waals surface area contributed by atoms with Crippen LogP contribution in [-0.4, -0.2) is 65.8 Å². The van der Waals surface area contributed by atoms with Crippen molar-refractivity contribution in [3.63, 3.8) is 0 Å². The summed E-state index contributed by atoms with van der Waals surface area (Å²) in [4.78, 5) is 17.4. The third-order valence-electron chi connectivity index (χ3n) is 5.25. The van der Waals surface area contributed by atoms with Gasteiger partial charge in [0.1, 0.15) is 12.4 Å². The van der Waals surface area contributed by atoms with Crippen LogP contribution in [0.4, 0.5) is 0 Å². The summed E-state index contributed by atoms with van der Waals surface area (Å²) in [6, 6.07) is 13.7. The first-order valence-corrected chi connectivity index (χ1v) is 13.5. The number of nitrogens with two attached hydrogens (primary N) is 1. The third-order valence-corrected chi connectivity index (χ3v) is 8.05. The van der Waals surface area contributed by atoms with Crippen LogP contribution >= 0.6 is 22.9 Å². The number of carbonyl (C=O) groups excluding carboxylic acids is 1. The molecule has 2 aromatic carbocycles. The summed E-state index contributed by atoms with van der Waals surface area (Å²) in [6.45, 7) is 0.530. The number of hydrogen-bond donors (Lipinski definition) is 1. The van der Waals surface area contributed by atoms with Gasteiger partial charge in [-0.15, -0.1) is 15.7 Å². The van der Waals surface area contributed by atoms with Crippen molar-refractivity contribution < 1.29 is 17.9 Å². The molecule has 0 spiro atoms. The Hall–Kier alpha value is -2.76. The second-order valence-electron chi connectivity index (χ2n) is 8.61. The number of nitrogens with zero attached hydrogens (tertiary/aromatic N) is 3. The van der Waals surface area contributed by atoms with Crippen molar-refractivity contribution >= 4 is 45.2 Å². The highest BCUT2D eigenvalue weighted by molar-refractivity contribution is 7.90. The van der Waals surface area contributed by atoms with Crippen molar-refractivity contribution in [2.75, 3.05) is 35.3 Å². The quantitative estimate of drug-likeness (QED) is 0.300. The highest BCUT2D eigenvalue weighted by atomic mass is 35.5. The molecule has 1 unspecified atom stereocenters. The van der Waals surface area contributed by atoms with Crippen molar-refractivity contribution in [2.24, 2.45) is 10.1 Å². The number of amides is 1. The van der Waals surface area contributed by atoms with Gasteiger partial charge in [0.15, 0.2) is 0 Å². The van der Waals surface area contributed by atoms with Crippen molar-refractivity contribution in [1.82, 2.24) is 9.80 Å². The lowest BCUT2D eigenvalue weighted by atomic mass is 9.94. The van der Waals surface area contributed by atoms with Crippen LogP contribution in [0.2, 0.25) is 5.02 Å². The van der Waals surface area contributed by atoms with E-state index in [-0.39, 0.29) is 4.90 Å². The first-order chi connectivity index (χ1) is 16.9. The molecule has 3 aromatic rings. The molecule has 1 aromatic heterocycles. The van der Waals surface area contributed by atoms with Gasteiger partial charge in [-0.2, -0.15) is 8.42 Å². The van der Waals surface area contributed by atoms with Gasteiger partial charge in [0.2, 0.25) is 0 Å². The zero-order chi connectivity index (χ0) is 26.6. The minimum atomic E-state index is -3.85. The minimum Gasteiger partial charge on any atom is -0.372 e. The van der Waals surface area contributed by atoms with Crippen LogP contribution in [0.5, 0.6) is 0 Å². The lowest BCUT2D eigenvalue weighted by molar-refractivity contribution is 0.0992. The van der Waals surface area contributed by atoms with Crippen LogP contribution in [0.15, 0.2) is 57.8 Å². The van der Waals surface area contributed by atoms with E-state index in [0.29, 0.717) is 27.6 Å². The summed E-state index contributed by atoms with van der Waals surface area (Å²) in [5.41, 5.74) is 8.97. The number of ether oxygens (including phenoxy) is 1. The molecule has 0 saturated heterocycles. The second kappa shape index (κ2) is 11.5. The van der Waals surface area contributed by atoms with Crippen molar-refractivity contribution in [3.8, 4) is 10.4 Å². The van der Waals surface area contributed by atoms with E-state index in [9.17, 15) is 13.2 Å². The summed E-state index contributed by atoms with van der Waals surface area (Å²) in [5, 5.41) is 0.611. The molecule has 36 heavy (non-hydrogen) atoms. The van der Waals surface area contributed by atoms with Gasteiger partial charge in [-0.3, -0.25) is 4.79 Å². The van der Waals surface area contributed by atoms with E-state index in [2.05, 4.69) is 4.40 Å². The van der Waals surface area contributed by atoms with Gasteiger partial charge in [0.25, 0.3) is 15.9 Å². The predicted molar refractivity (Wildman–Crippen MR) is 145 cm³/mol. The van der Waals surface area contributed by atoms with Crippen molar-refractivity contribution in [1.29, 1.82) is 0 Å². The molecule has 3 rings (SSSR count). The highest BCUT2D eigenvalue weighted by Crippen LogP contribution is 2.43. The second-order valence-corrected chi connectivity index (χ2v) is 11.7. The predicted octanol–water partition coefficient (Wildman–Crippen LogP) is 4.24. The van der Waals surface area contributed by atoms with Gasteiger partial charge in [0.05, 0.1) is 9.77 Å². The van der Waals surface area contributed by atoms with Crippen LogP contribution < -0.4 is 5.73 Å². The van der Waals surface area contributed by atoms with Gasteiger partial charge in [-0.1, -0.05) is 35.9 Å². The maximum absolute atomic E-state index is 12.6. The Kier molecular flexibility index (Phi) is 8.91. The number of methoxy groups -OCH3 is 1. The first-order valence-electron chi connectivity index (χ1n) is 10.9. The Morgan fingerprint density at radius 2 is 1.72 bits per heavy atom. The molecular weight excluding hydrogens is 520 g/mol. The number of benzene rings is 2. The van der Waals surface area contributed by atoms with Gasteiger partial charge in [-0.05, 0) is 55.1 Å². The highest BCUT2D eigenvalue weighted by Gasteiger charge is 2.29. The molecule has 0 fully saturated rings. The Labute approximate surface area is 221 Å². The summed E-state index contributed by atoms with van der Waals surface area (Å²) in [7, 11) is 4.94. The SMILES string of the molecule is COC(c1ccc(S(=O)(=O)N=CN(C)C)cc1)c1c(C(N)=O)sc(-c2ccc(Cl)cc2)c1CN(C)C. The Balaban J connectivity index is 2.15. The lowest BCUT2D eigenvalue weighted by Gasteiger charge is -2.21. The van der Waals surface area contributed by atoms with E-state index in [0.717, 1.165) is 16.0 Å². The summed E-state index contributed by atoms with van der Waals surface area (Å²) in [6.07, 6.45) is 0.583. The largest absolute Gasteiger partial charge is 0.372 e. The smallest absolute Gasteiger partial charge is 0.283 e. The number of carbonyl (C=O) groups is 1. The van der Waals surface area contributed by atoms with Crippen LogP contribution in [0.1, 0.15) is 32.5 Å². The molecule has 1 atom stereocenters. The summed E-state index contributed by atoms with van der Waals surface area (Å²) >= 11 is 7.40.